The highest BCUT2D eigenvalue weighted by Crippen LogP contribution is 2.11. The predicted molar refractivity (Wildman–Crippen MR) is 51.7 cm³/mol. The summed E-state index contributed by atoms with van der Waals surface area (Å²) in [6, 6.07) is 5.86. The molecule has 1 atom stereocenters. The van der Waals surface area contributed by atoms with Gasteiger partial charge in [0.2, 0.25) is 0 Å². The van der Waals surface area contributed by atoms with Crippen molar-refractivity contribution in [3.63, 3.8) is 0 Å². The second-order valence-electron chi connectivity index (χ2n) is 2.43. The molecule has 1 aromatic carbocycles. The van der Waals surface area contributed by atoms with Crippen LogP contribution in [0.15, 0.2) is 34.3 Å². The smallest absolute Gasteiger partial charge is 0.139 e. The molecule has 0 saturated heterocycles. The van der Waals surface area contributed by atoms with Crippen LogP contribution in [0.1, 0.15) is 0 Å². The molecule has 1 unspecified atom stereocenters. The van der Waals surface area contributed by atoms with Crippen molar-refractivity contribution in [2.75, 3.05) is 12.3 Å². The van der Waals surface area contributed by atoms with E-state index in [0.717, 1.165) is 0 Å². The Morgan fingerprint density at radius 2 is 2.21 bits per heavy atom. The molecule has 0 saturated carbocycles. The molecule has 0 N–H and O–H groups in total. The lowest BCUT2D eigenvalue weighted by Gasteiger charge is -2.00. The lowest BCUT2D eigenvalue weighted by Crippen LogP contribution is -2.02. The zero-order chi connectivity index (χ0) is 10.4. The van der Waals surface area contributed by atoms with Gasteiger partial charge in [0.05, 0.1) is 15.7 Å². The quantitative estimate of drug-likeness (QED) is 0.429. The molecule has 1 aromatic rings. The molecule has 0 fully saturated rings. The van der Waals surface area contributed by atoms with E-state index in [1.54, 1.807) is 6.07 Å². The highest BCUT2D eigenvalue weighted by atomic mass is 32.2. The van der Waals surface area contributed by atoms with Crippen molar-refractivity contribution < 1.29 is 8.60 Å². The van der Waals surface area contributed by atoms with E-state index in [1.165, 1.54) is 18.2 Å². The Morgan fingerprint density at radius 1 is 1.50 bits per heavy atom. The van der Waals surface area contributed by atoms with Crippen LogP contribution < -0.4 is 0 Å². The molecule has 0 aliphatic carbocycles. The van der Waals surface area contributed by atoms with Crippen LogP contribution in [0, 0.1) is 5.82 Å². The second kappa shape index (κ2) is 5.36. The molecule has 0 heterocycles. The van der Waals surface area contributed by atoms with E-state index < -0.39 is 16.6 Å². The SMILES string of the molecule is [N-]=[N+]=NCCS(=O)c1ccccc1F. The van der Waals surface area contributed by atoms with Gasteiger partial charge in [-0.15, -0.1) is 0 Å². The van der Waals surface area contributed by atoms with E-state index in [9.17, 15) is 8.60 Å². The van der Waals surface area contributed by atoms with Crippen molar-refractivity contribution >= 4 is 10.8 Å². The maximum absolute atomic E-state index is 13.1. The standard InChI is InChI=1S/C8H8FN3OS/c9-7-3-1-2-4-8(7)14(13)6-5-11-12-10/h1-4H,5-6H2. The summed E-state index contributed by atoms with van der Waals surface area (Å²) in [4.78, 5) is 2.67. The zero-order valence-electron chi connectivity index (χ0n) is 7.26. The summed E-state index contributed by atoms with van der Waals surface area (Å²) in [6.07, 6.45) is 0. The maximum atomic E-state index is 13.1. The van der Waals surface area contributed by atoms with Gasteiger partial charge in [-0.25, -0.2) is 4.39 Å². The molecule has 1 rings (SSSR count). The van der Waals surface area contributed by atoms with E-state index in [2.05, 4.69) is 10.0 Å². The van der Waals surface area contributed by atoms with Gasteiger partial charge in [-0.05, 0) is 17.7 Å². The van der Waals surface area contributed by atoms with Crippen molar-refractivity contribution in [2.45, 2.75) is 4.90 Å². The normalized spacial score (nSPS) is 11.8. The molecule has 0 bridgehead atoms. The Kier molecular flexibility index (Phi) is 4.10. The molecule has 14 heavy (non-hydrogen) atoms. The van der Waals surface area contributed by atoms with Crippen LogP contribution in [-0.4, -0.2) is 16.5 Å². The molecule has 0 spiro atoms. The zero-order valence-corrected chi connectivity index (χ0v) is 8.08. The number of halogens is 1. The minimum atomic E-state index is -1.44. The van der Waals surface area contributed by atoms with Gasteiger partial charge < -0.3 is 0 Å². The molecular formula is C8H8FN3OS. The Balaban J connectivity index is 2.70. The first-order valence-electron chi connectivity index (χ1n) is 3.89. The fraction of sp³-hybridized carbons (Fsp3) is 0.250. The van der Waals surface area contributed by atoms with Crippen molar-refractivity contribution in [1.82, 2.24) is 0 Å². The van der Waals surface area contributed by atoms with Crippen LogP contribution in [-0.2, 0) is 10.8 Å². The minimum Gasteiger partial charge on any atom is -0.254 e. The van der Waals surface area contributed by atoms with E-state index in [4.69, 9.17) is 5.53 Å². The monoisotopic (exact) mass is 213 g/mol. The molecule has 74 valence electrons. The lowest BCUT2D eigenvalue weighted by atomic mass is 10.3. The largest absolute Gasteiger partial charge is 0.254 e. The average molecular weight is 213 g/mol. The van der Waals surface area contributed by atoms with Gasteiger partial charge in [0.25, 0.3) is 0 Å². The third-order valence-electron chi connectivity index (χ3n) is 1.52. The van der Waals surface area contributed by atoms with Crippen LogP contribution in [0.3, 0.4) is 0 Å². The van der Waals surface area contributed by atoms with Crippen molar-refractivity contribution in [1.29, 1.82) is 0 Å². The summed E-state index contributed by atoms with van der Waals surface area (Å²) in [7, 11) is -1.44. The number of rotatable bonds is 4. The molecule has 0 aliphatic heterocycles. The van der Waals surface area contributed by atoms with E-state index in [0.29, 0.717) is 0 Å². The van der Waals surface area contributed by atoms with Gasteiger partial charge in [-0.1, -0.05) is 17.2 Å². The highest BCUT2D eigenvalue weighted by Gasteiger charge is 2.07. The van der Waals surface area contributed by atoms with E-state index in [-0.39, 0.29) is 17.2 Å². The van der Waals surface area contributed by atoms with E-state index >= 15 is 0 Å². The Bertz CT molecular complexity index is 390. The highest BCUT2D eigenvalue weighted by molar-refractivity contribution is 7.85. The maximum Gasteiger partial charge on any atom is 0.139 e. The first-order valence-corrected chi connectivity index (χ1v) is 5.21. The molecule has 0 aromatic heterocycles. The third-order valence-corrected chi connectivity index (χ3v) is 2.90. The van der Waals surface area contributed by atoms with Gasteiger partial charge >= 0.3 is 0 Å². The second-order valence-corrected chi connectivity index (χ2v) is 3.97. The molecule has 6 heteroatoms. The van der Waals surface area contributed by atoms with Gasteiger partial charge in [0.1, 0.15) is 5.82 Å². The lowest BCUT2D eigenvalue weighted by molar-refractivity contribution is 0.595. The Hall–Kier alpha value is -1.39. The summed E-state index contributed by atoms with van der Waals surface area (Å²) in [6.45, 7) is 0.109. The van der Waals surface area contributed by atoms with Crippen LogP contribution in [0.2, 0.25) is 0 Å². The predicted octanol–water partition coefficient (Wildman–Crippen LogP) is 2.24. The molecule has 0 radical (unpaired) electrons. The average Bonchev–Trinajstić information content (AvgIpc) is 2.18. The van der Waals surface area contributed by atoms with Crippen LogP contribution in [0.25, 0.3) is 10.4 Å². The van der Waals surface area contributed by atoms with Crippen molar-refractivity contribution in [2.24, 2.45) is 5.11 Å². The van der Waals surface area contributed by atoms with Gasteiger partial charge in [0.15, 0.2) is 0 Å². The summed E-state index contributed by atoms with van der Waals surface area (Å²) >= 11 is 0. The minimum absolute atomic E-state index is 0.109. The summed E-state index contributed by atoms with van der Waals surface area (Å²) in [5.74, 6) is -0.350. The molecule has 0 aliphatic rings. The summed E-state index contributed by atoms with van der Waals surface area (Å²) in [5.41, 5.74) is 7.99. The molecule has 0 amide bonds. The number of hydrogen-bond donors (Lipinski definition) is 0. The van der Waals surface area contributed by atoms with Gasteiger partial charge in [-0.2, -0.15) is 0 Å². The van der Waals surface area contributed by atoms with Crippen LogP contribution >= 0.6 is 0 Å². The van der Waals surface area contributed by atoms with Crippen LogP contribution in [0.4, 0.5) is 4.39 Å². The molecular weight excluding hydrogens is 205 g/mol. The topological polar surface area (TPSA) is 65.8 Å². The number of azide groups is 1. The first-order chi connectivity index (χ1) is 6.75. The first kappa shape index (κ1) is 10.7. The van der Waals surface area contributed by atoms with Crippen molar-refractivity contribution in [3.8, 4) is 0 Å². The fourth-order valence-corrected chi connectivity index (χ4v) is 1.89. The van der Waals surface area contributed by atoms with Crippen molar-refractivity contribution in [3.05, 3.63) is 40.5 Å². The van der Waals surface area contributed by atoms with E-state index in [1.807, 2.05) is 0 Å². The van der Waals surface area contributed by atoms with Gasteiger partial charge in [0, 0.05) is 17.2 Å². The van der Waals surface area contributed by atoms with Crippen LogP contribution in [0.5, 0.6) is 0 Å². The summed E-state index contributed by atoms with van der Waals surface area (Å²) < 4.78 is 24.5. The number of hydrogen-bond acceptors (Lipinski definition) is 2. The Labute approximate surface area is 82.8 Å². The van der Waals surface area contributed by atoms with Gasteiger partial charge in [-0.3, -0.25) is 4.21 Å². The molecule has 4 nitrogen and oxygen atoms in total. The number of benzene rings is 1. The fourth-order valence-electron chi connectivity index (χ4n) is 0.908. The third kappa shape index (κ3) is 2.83. The number of nitrogens with zero attached hydrogens (tertiary/aromatic N) is 3. The summed E-state index contributed by atoms with van der Waals surface area (Å²) in [5, 5.41) is 3.23. The Morgan fingerprint density at radius 3 is 2.86 bits per heavy atom.